The van der Waals surface area contributed by atoms with Crippen molar-refractivity contribution in [2.45, 2.75) is 25.3 Å². The third-order valence-electron chi connectivity index (χ3n) is 2.69. The molecule has 0 amide bonds. The maximum atomic E-state index is 5.48. The van der Waals surface area contributed by atoms with Crippen LogP contribution in [0.25, 0.3) is 0 Å². The largest absolute Gasteiger partial charge is 0.408 e. The number of rotatable bonds is 4. The lowest BCUT2D eigenvalue weighted by atomic mass is 10.4. The zero-order valence-corrected chi connectivity index (χ0v) is 9.05. The smallest absolute Gasteiger partial charge is 0.315 e. The van der Waals surface area contributed by atoms with Crippen LogP contribution in [0.1, 0.15) is 30.5 Å². The van der Waals surface area contributed by atoms with Crippen molar-refractivity contribution >= 4 is 6.01 Å². The van der Waals surface area contributed by atoms with Gasteiger partial charge in [-0.3, -0.25) is 0 Å². The van der Waals surface area contributed by atoms with Crippen LogP contribution in [0.4, 0.5) is 6.01 Å². The van der Waals surface area contributed by atoms with Gasteiger partial charge in [0.25, 0.3) is 0 Å². The molecule has 0 atom stereocenters. The van der Waals surface area contributed by atoms with Gasteiger partial charge in [0.05, 0.1) is 6.54 Å². The standard InChI is InChI=1S/C10H13N5O/c1-15-5-4-11-8(15)6-12-10-14-13-9(16-10)7-2-3-7/h4-5,7H,2-3,6H2,1H3,(H,12,14). The Kier molecular flexibility index (Phi) is 2.12. The summed E-state index contributed by atoms with van der Waals surface area (Å²) in [6.07, 6.45) is 6.00. The summed E-state index contributed by atoms with van der Waals surface area (Å²) in [5, 5.41) is 11.0. The van der Waals surface area contributed by atoms with Gasteiger partial charge in [-0.1, -0.05) is 5.10 Å². The minimum absolute atomic E-state index is 0.477. The molecule has 2 heterocycles. The zero-order chi connectivity index (χ0) is 11.0. The number of aromatic nitrogens is 4. The van der Waals surface area contributed by atoms with Crippen LogP contribution in [0, 0.1) is 0 Å². The molecule has 0 aliphatic heterocycles. The highest BCUT2D eigenvalue weighted by atomic mass is 16.4. The first-order chi connectivity index (χ1) is 7.83. The highest BCUT2D eigenvalue weighted by Crippen LogP contribution is 2.39. The molecule has 0 spiro atoms. The van der Waals surface area contributed by atoms with Gasteiger partial charge in [-0.15, -0.1) is 5.10 Å². The fourth-order valence-corrected chi connectivity index (χ4v) is 1.52. The number of hydrogen-bond acceptors (Lipinski definition) is 5. The van der Waals surface area contributed by atoms with E-state index in [4.69, 9.17) is 4.42 Å². The molecular weight excluding hydrogens is 206 g/mol. The van der Waals surface area contributed by atoms with Crippen LogP contribution in [-0.4, -0.2) is 19.7 Å². The first kappa shape index (κ1) is 9.38. The van der Waals surface area contributed by atoms with E-state index in [1.54, 1.807) is 6.20 Å². The molecule has 1 saturated carbocycles. The van der Waals surface area contributed by atoms with E-state index in [9.17, 15) is 0 Å². The van der Waals surface area contributed by atoms with Gasteiger partial charge in [0, 0.05) is 25.4 Å². The van der Waals surface area contributed by atoms with E-state index >= 15 is 0 Å². The van der Waals surface area contributed by atoms with Crippen LogP contribution in [0.2, 0.25) is 0 Å². The van der Waals surface area contributed by atoms with Crippen LogP contribution in [-0.2, 0) is 13.6 Å². The molecule has 6 heteroatoms. The predicted octanol–water partition coefficient (Wildman–Crippen LogP) is 1.29. The molecule has 2 aromatic rings. The van der Waals surface area contributed by atoms with Crippen molar-refractivity contribution in [3.05, 3.63) is 24.1 Å². The maximum absolute atomic E-state index is 5.48. The van der Waals surface area contributed by atoms with Gasteiger partial charge in [-0.25, -0.2) is 4.98 Å². The summed E-state index contributed by atoms with van der Waals surface area (Å²) in [6, 6.07) is 0.477. The summed E-state index contributed by atoms with van der Waals surface area (Å²) in [5.41, 5.74) is 0. The van der Waals surface area contributed by atoms with Gasteiger partial charge in [-0.2, -0.15) is 0 Å². The quantitative estimate of drug-likeness (QED) is 0.839. The molecule has 1 N–H and O–H groups in total. The van der Waals surface area contributed by atoms with E-state index in [1.165, 1.54) is 12.8 Å². The maximum Gasteiger partial charge on any atom is 0.315 e. The Morgan fingerprint density at radius 1 is 1.50 bits per heavy atom. The van der Waals surface area contributed by atoms with E-state index in [0.29, 0.717) is 18.5 Å². The average Bonchev–Trinajstić information content (AvgIpc) is 2.89. The van der Waals surface area contributed by atoms with E-state index in [2.05, 4.69) is 20.5 Å². The summed E-state index contributed by atoms with van der Waals surface area (Å²) in [4.78, 5) is 4.20. The fourth-order valence-electron chi connectivity index (χ4n) is 1.52. The minimum Gasteiger partial charge on any atom is -0.408 e. The number of nitrogens with one attached hydrogen (secondary N) is 1. The molecule has 3 rings (SSSR count). The molecule has 0 bridgehead atoms. The van der Waals surface area contributed by atoms with Crippen molar-refractivity contribution < 1.29 is 4.42 Å². The van der Waals surface area contributed by atoms with Crippen molar-refractivity contribution in [1.82, 2.24) is 19.7 Å². The van der Waals surface area contributed by atoms with E-state index < -0.39 is 0 Å². The molecule has 84 valence electrons. The van der Waals surface area contributed by atoms with Crippen molar-refractivity contribution in [3.63, 3.8) is 0 Å². The molecule has 1 aliphatic rings. The SMILES string of the molecule is Cn1ccnc1CNc1nnc(C2CC2)o1. The molecule has 0 saturated heterocycles. The lowest BCUT2D eigenvalue weighted by Crippen LogP contribution is -2.05. The summed E-state index contributed by atoms with van der Waals surface area (Å²) in [6.45, 7) is 0.593. The van der Waals surface area contributed by atoms with E-state index in [-0.39, 0.29) is 0 Å². The second-order valence-electron chi connectivity index (χ2n) is 4.03. The molecule has 0 aromatic carbocycles. The summed E-state index contributed by atoms with van der Waals surface area (Å²) >= 11 is 0. The third-order valence-corrected chi connectivity index (χ3v) is 2.69. The highest BCUT2D eigenvalue weighted by molar-refractivity contribution is 5.19. The molecule has 1 fully saturated rings. The van der Waals surface area contributed by atoms with Gasteiger partial charge < -0.3 is 14.3 Å². The van der Waals surface area contributed by atoms with Crippen molar-refractivity contribution in [2.75, 3.05) is 5.32 Å². The van der Waals surface area contributed by atoms with Gasteiger partial charge in [0.1, 0.15) is 5.82 Å². The minimum atomic E-state index is 0.477. The average molecular weight is 219 g/mol. The van der Waals surface area contributed by atoms with Gasteiger partial charge in [0.2, 0.25) is 5.89 Å². The second kappa shape index (κ2) is 3.62. The monoisotopic (exact) mass is 219 g/mol. The van der Waals surface area contributed by atoms with Gasteiger partial charge in [0.15, 0.2) is 0 Å². The Balaban J connectivity index is 1.63. The second-order valence-corrected chi connectivity index (χ2v) is 4.03. The lowest BCUT2D eigenvalue weighted by molar-refractivity contribution is 0.506. The Labute approximate surface area is 92.7 Å². The normalized spacial score (nSPS) is 15.3. The van der Waals surface area contributed by atoms with Crippen LogP contribution < -0.4 is 5.32 Å². The van der Waals surface area contributed by atoms with Crippen molar-refractivity contribution in [3.8, 4) is 0 Å². The molecule has 0 unspecified atom stereocenters. The number of nitrogens with zero attached hydrogens (tertiary/aromatic N) is 4. The first-order valence-corrected chi connectivity index (χ1v) is 5.36. The Morgan fingerprint density at radius 3 is 3.06 bits per heavy atom. The number of anilines is 1. The Bertz CT molecular complexity index is 485. The van der Waals surface area contributed by atoms with Gasteiger partial charge >= 0.3 is 6.01 Å². The van der Waals surface area contributed by atoms with Crippen LogP contribution in [0.15, 0.2) is 16.8 Å². The molecule has 0 radical (unpaired) electrons. The summed E-state index contributed by atoms with van der Waals surface area (Å²) in [5.74, 6) is 2.18. The first-order valence-electron chi connectivity index (χ1n) is 5.36. The fraction of sp³-hybridized carbons (Fsp3) is 0.500. The zero-order valence-electron chi connectivity index (χ0n) is 9.05. The van der Waals surface area contributed by atoms with Crippen molar-refractivity contribution in [2.24, 2.45) is 7.05 Å². The summed E-state index contributed by atoms with van der Waals surface area (Å²) in [7, 11) is 1.95. The topological polar surface area (TPSA) is 68.8 Å². The Hall–Kier alpha value is -1.85. The molecule has 16 heavy (non-hydrogen) atoms. The van der Waals surface area contributed by atoms with Crippen LogP contribution >= 0.6 is 0 Å². The van der Waals surface area contributed by atoms with Crippen molar-refractivity contribution in [1.29, 1.82) is 0 Å². The lowest BCUT2D eigenvalue weighted by Gasteiger charge is -2.00. The molecule has 2 aromatic heterocycles. The number of hydrogen-bond donors (Lipinski definition) is 1. The number of aryl methyl sites for hydroxylation is 1. The number of imidazole rings is 1. The highest BCUT2D eigenvalue weighted by Gasteiger charge is 2.29. The van der Waals surface area contributed by atoms with Crippen LogP contribution in [0.3, 0.4) is 0 Å². The third kappa shape index (κ3) is 1.78. The van der Waals surface area contributed by atoms with Gasteiger partial charge in [-0.05, 0) is 12.8 Å². The molecular formula is C10H13N5O. The summed E-state index contributed by atoms with van der Waals surface area (Å²) < 4.78 is 7.42. The molecule has 1 aliphatic carbocycles. The molecule has 6 nitrogen and oxygen atoms in total. The van der Waals surface area contributed by atoms with E-state index in [1.807, 2.05) is 17.8 Å². The predicted molar refractivity (Wildman–Crippen MR) is 56.8 cm³/mol. The van der Waals surface area contributed by atoms with E-state index in [0.717, 1.165) is 11.7 Å². The van der Waals surface area contributed by atoms with Crippen LogP contribution in [0.5, 0.6) is 0 Å². The Morgan fingerprint density at radius 2 is 2.38 bits per heavy atom.